The summed E-state index contributed by atoms with van der Waals surface area (Å²) in [6.45, 7) is 8.08. The quantitative estimate of drug-likeness (QED) is 0.392. The Bertz CT molecular complexity index is 515. The minimum atomic E-state index is 0. The molecular weight excluding hydrogens is 401 g/mol. The molecule has 2 rings (SSSR count). The van der Waals surface area contributed by atoms with Crippen LogP contribution in [0, 0.1) is 12.8 Å². The fourth-order valence-corrected chi connectivity index (χ4v) is 2.18. The molecule has 1 aromatic rings. The van der Waals surface area contributed by atoms with E-state index in [4.69, 9.17) is 4.74 Å². The van der Waals surface area contributed by atoms with Gasteiger partial charge in [0.15, 0.2) is 5.96 Å². The number of nitrogens with one attached hydrogen (secondary N) is 2. The monoisotopic (exact) mass is 431 g/mol. The third-order valence-corrected chi connectivity index (χ3v) is 4.05. The van der Waals surface area contributed by atoms with Gasteiger partial charge in [-0.1, -0.05) is 19.1 Å². The van der Waals surface area contributed by atoms with E-state index >= 15 is 0 Å². The van der Waals surface area contributed by atoms with E-state index in [9.17, 15) is 0 Å². The van der Waals surface area contributed by atoms with Gasteiger partial charge in [0.2, 0.25) is 0 Å². The van der Waals surface area contributed by atoms with Gasteiger partial charge < -0.3 is 15.4 Å². The summed E-state index contributed by atoms with van der Waals surface area (Å²) in [6, 6.07) is 6.37. The highest BCUT2D eigenvalue weighted by molar-refractivity contribution is 14.0. The molecule has 0 heterocycles. The lowest BCUT2D eigenvalue weighted by Gasteiger charge is -2.18. The van der Waals surface area contributed by atoms with Crippen LogP contribution in [0.2, 0.25) is 0 Å². The molecule has 0 amide bonds. The van der Waals surface area contributed by atoms with E-state index in [1.54, 1.807) is 0 Å². The van der Waals surface area contributed by atoms with Crippen molar-refractivity contribution in [3.8, 4) is 5.75 Å². The number of hydrogen-bond donors (Lipinski definition) is 2. The van der Waals surface area contributed by atoms with Gasteiger partial charge in [-0.15, -0.1) is 24.0 Å². The second-order valence-electron chi connectivity index (χ2n) is 6.20. The highest BCUT2D eigenvalue weighted by atomic mass is 127. The summed E-state index contributed by atoms with van der Waals surface area (Å²) in [5, 5.41) is 6.76. The minimum absolute atomic E-state index is 0. The third kappa shape index (κ3) is 6.97. The topological polar surface area (TPSA) is 45.6 Å². The Labute approximate surface area is 157 Å². The largest absolute Gasteiger partial charge is 0.490 e. The summed E-state index contributed by atoms with van der Waals surface area (Å²) in [6.07, 6.45) is 3.92. The van der Waals surface area contributed by atoms with Crippen molar-refractivity contribution in [3.05, 3.63) is 29.3 Å². The fraction of sp³-hybridized carbons (Fsp3) is 0.611. The van der Waals surface area contributed by atoms with E-state index in [-0.39, 0.29) is 30.1 Å². The molecule has 0 radical (unpaired) electrons. The van der Waals surface area contributed by atoms with Crippen molar-refractivity contribution < 1.29 is 4.74 Å². The van der Waals surface area contributed by atoms with Gasteiger partial charge >= 0.3 is 0 Å². The molecule has 1 fully saturated rings. The molecule has 23 heavy (non-hydrogen) atoms. The number of guanidine groups is 1. The van der Waals surface area contributed by atoms with Crippen LogP contribution < -0.4 is 15.4 Å². The molecule has 0 aromatic heterocycles. The van der Waals surface area contributed by atoms with Crippen molar-refractivity contribution in [3.63, 3.8) is 0 Å². The Hall–Kier alpha value is -0.980. The number of halogens is 1. The van der Waals surface area contributed by atoms with Crippen LogP contribution in [0.1, 0.15) is 44.2 Å². The number of ether oxygens (including phenoxy) is 1. The van der Waals surface area contributed by atoms with E-state index in [0.717, 1.165) is 37.1 Å². The van der Waals surface area contributed by atoms with Gasteiger partial charge in [-0.05, 0) is 50.7 Å². The van der Waals surface area contributed by atoms with Gasteiger partial charge in [-0.2, -0.15) is 0 Å². The van der Waals surface area contributed by atoms with Gasteiger partial charge in [0, 0.05) is 25.7 Å². The summed E-state index contributed by atoms with van der Waals surface area (Å²) in [7, 11) is 1.81. The Balaban J connectivity index is 0.00000264. The number of rotatable bonds is 7. The Kier molecular flexibility index (Phi) is 8.73. The molecule has 4 nitrogen and oxygen atoms in total. The molecule has 1 aromatic carbocycles. The molecule has 1 aliphatic rings. The van der Waals surface area contributed by atoms with Crippen LogP contribution in [0.15, 0.2) is 23.2 Å². The zero-order valence-electron chi connectivity index (χ0n) is 14.7. The van der Waals surface area contributed by atoms with Crippen LogP contribution in [-0.4, -0.2) is 25.7 Å². The maximum atomic E-state index is 6.05. The maximum Gasteiger partial charge on any atom is 0.191 e. The number of aryl methyl sites for hydroxylation is 1. The predicted molar refractivity (Wildman–Crippen MR) is 108 cm³/mol. The standard InChI is InChI=1S/C18H29N3O.HI/c1-5-14(3)22-17-10-13(2)6-9-16(17)12-21-18(19-4)20-11-15-7-8-15;/h6,9-10,14-15H,5,7-8,11-12H2,1-4H3,(H2,19,20,21);1H. The van der Waals surface area contributed by atoms with Gasteiger partial charge in [0.25, 0.3) is 0 Å². The second-order valence-corrected chi connectivity index (χ2v) is 6.20. The molecule has 0 bridgehead atoms. The zero-order valence-corrected chi connectivity index (χ0v) is 17.0. The van der Waals surface area contributed by atoms with Crippen LogP contribution in [0.4, 0.5) is 0 Å². The van der Waals surface area contributed by atoms with Gasteiger partial charge in [0.05, 0.1) is 6.10 Å². The van der Waals surface area contributed by atoms with Crippen molar-refractivity contribution in [2.75, 3.05) is 13.6 Å². The maximum absolute atomic E-state index is 6.05. The summed E-state index contributed by atoms with van der Waals surface area (Å²) in [5.74, 6) is 2.67. The normalized spacial score (nSPS) is 15.6. The van der Waals surface area contributed by atoms with Crippen molar-refractivity contribution in [2.24, 2.45) is 10.9 Å². The smallest absolute Gasteiger partial charge is 0.191 e. The van der Waals surface area contributed by atoms with Gasteiger partial charge in [-0.3, -0.25) is 4.99 Å². The SMILES string of the molecule is CCC(C)Oc1cc(C)ccc1CNC(=NC)NCC1CC1.I. The van der Waals surface area contributed by atoms with Crippen LogP contribution in [0.25, 0.3) is 0 Å². The summed E-state index contributed by atoms with van der Waals surface area (Å²) in [4.78, 5) is 4.28. The molecule has 0 aliphatic heterocycles. The highest BCUT2D eigenvalue weighted by Gasteiger charge is 2.21. The van der Waals surface area contributed by atoms with Crippen LogP contribution in [-0.2, 0) is 6.54 Å². The molecule has 2 N–H and O–H groups in total. The van der Waals surface area contributed by atoms with Crippen molar-refractivity contribution >= 4 is 29.9 Å². The Morgan fingerprint density at radius 1 is 1.35 bits per heavy atom. The number of hydrogen-bond acceptors (Lipinski definition) is 2. The van der Waals surface area contributed by atoms with Gasteiger partial charge in [-0.25, -0.2) is 0 Å². The first-order valence-electron chi connectivity index (χ1n) is 8.33. The first-order chi connectivity index (χ1) is 10.6. The second kappa shape index (κ2) is 10.0. The number of benzene rings is 1. The average Bonchev–Trinajstić information content (AvgIpc) is 3.33. The van der Waals surface area contributed by atoms with E-state index in [0.29, 0.717) is 0 Å². The first-order valence-corrected chi connectivity index (χ1v) is 8.33. The lowest BCUT2D eigenvalue weighted by Crippen LogP contribution is -2.38. The lowest BCUT2D eigenvalue weighted by atomic mass is 10.1. The Morgan fingerprint density at radius 3 is 2.70 bits per heavy atom. The molecule has 1 unspecified atom stereocenters. The highest BCUT2D eigenvalue weighted by Crippen LogP contribution is 2.27. The third-order valence-electron chi connectivity index (χ3n) is 4.05. The van der Waals surface area contributed by atoms with Crippen molar-refractivity contribution in [1.29, 1.82) is 0 Å². The van der Waals surface area contributed by atoms with Crippen molar-refractivity contribution in [2.45, 2.75) is 52.7 Å². The van der Waals surface area contributed by atoms with Crippen LogP contribution in [0.3, 0.4) is 0 Å². The predicted octanol–water partition coefficient (Wildman–Crippen LogP) is 3.87. The number of nitrogens with zero attached hydrogens (tertiary/aromatic N) is 1. The van der Waals surface area contributed by atoms with E-state index < -0.39 is 0 Å². The van der Waals surface area contributed by atoms with E-state index in [2.05, 4.69) is 54.6 Å². The van der Waals surface area contributed by atoms with Gasteiger partial charge in [0.1, 0.15) is 5.75 Å². The first kappa shape index (κ1) is 20.1. The van der Waals surface area contributed by atoms with E-state index in [1.165, 1.54) is 24.0 Å². The number of aliphatic imine (C=N–C) groups is 1. The fourth-order valence-electron chi connectivity index (χ4n) is 2.18. The molecule has 0 spiro atoms. The molecule has 0 saturated heterocycles. The van der Waals surface area contributed by atoms with Crippen molar-refractivity contribution in [1.82, 2.24) is 10.6 Å². The molecule has 1 atom stereocenters. The molecule has 1 saturated carbocycles. The summed E-state index contributed by atoms with van der Waals surface area (Å²) in [5.41, 5.74) is 2.39. The summed E-state index contributed by atoms with van der Waals surface area (Å²) >= 11 is 0. The summed E-state index contributed by atoms with van der Waals surface area (Å²) < 4.78 is 6.05. The average molecular weight is 431 g/mol. The van der Waals surface area contributed by atoms with Crippen LogP contribution >= 0.6 is 24.0 Å². The van der Waals surface area contributed by atoms with Crippen LogP contribution in [0.5, 0.6) is 5.75 Å². The minimum Gasteiger partial charge on any atom is -0.490 e. The zero-order chi connectivity index (χ0) is 15.9. The van der Waals surface area contributed by atoms with E-state index in [1.807, 2.05) is 7.05 Å². The Morgan fingerprint density at radius 2 is 2.09 bits per heavy atom. The molecule has 5 heteroatoms. The molecule has 130 valence electrons. The molecular formula is C18H30IN3O. The molecule has 1 aliphatic carbocycles. The lowest BCUT2D eigenvalue weighted by molar-refractivity contribution is 0.215.